The van der Waals surface area contributed by atoms with Crippen molar-refractivity contribution in [2.45, 2.75) is 31.8 Å². The number of piperazine rings is 1. The van der Waals surface area contributed by atoms with Crippen molar-refractivity contribution in [3.05, 3.63) is 22.8 Å². The second-order valence-electron chi connectivity index (χ2n) is 5.80. The first-order valence-corrected chi connectivity index (χ1v) is 7.93. The second kappa shape index (κ2) is 6.29. The van der Waals surface area contributed by atoms with E-state index in [1.54, 1.807) is 0 Å². The lowest BCUT2D eigenvalue weighted by Gasteiger charge is -2.44. The Kier molecular flexibility index (Phi) is 4.44. The second-order valence-corrected chi connectivity index (χ2v) is 6.20. The summed E-state index contributed by atoms with van der Waals surface area (Å²) in [6.45, 7) is 5.61. The van der Waals surface area contributed by atoms with E-state index < -0.39 is 0 Å². The fourth-order valence-corrected chi connectivity index (χ4v) is 3.48. The number of piperidine rings is 1. The van der Waals surface area contributed by atoms with Gasteiger partial charge >= 0.3 is 0 Å². The van der Waals surface area contributed by atoms with Crippen LogP contribution in [0.2, 0.25) is 5.02 Å². The van der Waals surface area contributed by atoms with Gasteiger partial charge in [0.2, 0.25) is 0 Å². The molecule has 0 aliphatic carbocycles. The van der Waals surface area contributed by atoms with Gasteiger partial charge in [-0.25, -0.2) is 4.98 Å². The maximum Gasteiger partial charge on any atom is 0.126 e. The first kappa shape index (κ1) is 14.1. The molecule has 0 radical (unpaired) electrons. The molecule has 20 heavy (non-hydrogen) atoms. The largest absolute Gasteiger partial charge is 0.373 e. The molecule has 3 rings (SSSR count). The lowest BCUT2D eigenvalue weighted by Crippen LogP contribution is -2.54. The van der Waals surface area contributed by atoms with Gasteiger partial charge in [0.25, 0.3) is 0 Å². The first-order chi connectivity index (χ1) is 9.76. The van der Waals surface area contributed by atoms with Crippen LogP contribution in [0.25, 0.3) is 0 Å². The van der Waals surface area contributed by atoms with E-state index in [4.69, 9.17) is 11.6 Å². The molecule has 1 aromatic heterocycles. The van der Waals surface area contributed by atoms with Crippen LogP contribution in [-0.2, 0) is 6.54 Å². The third kappa shape index (κ3) is 3.08. The molecule has 110 valence electrons. The Labute approximate surface area is 126 Å². The van der Waals surface area contributed by atoms with Crippen LogP contribution in [0.15, 0.2) is 12.1 Å². The Hall–Kier alpha value is -0.840. The number of nitrogens with one attached hydrogen (secondary N) is 1. The van der Waals surface area contributed by atoms with Gasteiger partial charge in [-0.15, -0.1) is 0 Å². The molecule has 2 fully saturated rings. The number of aromatic nitrogens is 1. The molecule has 0 spiro atoms. The highest BCUT2D eigenvalue weighted by Gasteiger charge is 2.29. The van der Waals surface area contributed by atoms with Crippen molar-refractivity contribution in [2.24, 2.45) is 0 Å². The van der Waals surface area contributed by atoms with E-state index in [0.717, 1.165) is 42.2 Å². The van der Waals surface area contributed by atoms with Crippen LogP contribution in [0.3, 0.4) is 0 Å². The summed E-state index contributed by atoms with van der Waals surface area (Å²) in [5.74, 6) is 0.890. The van der Waals surface area contributed by atoms with Crippen LogP contribution < -0.4 is 5.32 Å². The zero-order valence-electron chi connectivity index (χ0n) is 12.1. The lowest BCUT2D eigenvalue weighted by molar-refractivity contribution is 0.0451. The Bertz CT molecular complexity index is 465. The molecule has 1 N–H and O–H groups in total. The highest BCUT2D eigenvalue weighted by molar-refractivity contribution is 6.31. The van der Waals surface area contributed by atoms with Crippen molar-refractivity contribution in [3.63, 3.8) is 0 Å². The van der Waals surface area contributed by atoms with E-state index >= 15 is 0 Å². The predicted octanol–water partition coefficient (Wildman–Crippen LogP) is 2.45. The lowest BCUT2D eigenvalue weighted by atomic mass is 9.99. The van der Waals surface area contributed by atoms with Gasteiger partial charge in [0.1, 0.15) is 5.82 Å². The summed E-state index contributed by atoms with van der Waals surface area (Å²) >= 11 is 6.28. The summed E-state index contributed by atoms with van der Waals surface area (Å²) in [4.78, 5) is 9.74. The SMILES string of the molecule is CNc1ccc(Cl)c(CN2CCN3CCCCC3C2)n1. The molecule has 4 nitrogen and oxygen atoms in total. The number of fused-ring (bicyclic) bond motifs is 1. The molecule has 0 amide bonds. The standard InChI is InChI=1S/C15H23ClN4/c1-17-15-6-5-13(16)14(18-15)11-19-8-9-20-7-3-2-4-12(20)10-19/h5-6,12H,2-4,7-11H2,1H3,(H,17,18). The third-order valence-electron chi connectivity index (χ3n) is 4.47. The maximum atomic E-state index is 6.28. The van der Waals surface area contributed by atoms with Crippen LogP contribution in [0, 0.1) is 0 Å². The topological polar surface area (TPSA) is 31.4 Å². The number of rotatable bonds is 3. The maximum absolute atomic E-state index is 6.28. The van der Waals surface area contributed by atoms with E-state index in [2.05, 4.69) is 20.1 Å². The average molecular weight is 295 g/mol. The summed E-state index contributed by atoms with van der Waals surface area (Å²) < 4.78 is 0. The van der Waals surface area contributed by atoms with Gasteiger partial charge in [0.15, 0.2) is 0 Å². The Morgan fingerprint density at radius 1 is 1.30 bits per heavy atom. The van der Waals surface area contributed by atoms with E-state index in [1.807, 2.05) is 19.2 Å². The van der Waals surface area contributed by atoms with Crippen molar-refractivity contribution in [2.75, 3.05) is 38.5 Å². The molecular formula is C15H23ClN4. The van der Waals surface area contributed by atoms with Crippen molar-refractivity contribution in [1.29, 1.82) is 0 Å². The minimum absolute atomic E-state index is 0.740. The Morgan fingerprint density at radius 2 is 2.20 bits per heavy atom. The van der Waals surface area contributed by atoms with E-state index in [0.29, 0.717) is 0 Å². The summed E-state index contributed by atoms with van der Waals surface area (Å²) in [7, 11) is 1.89. The van der Waals surface area contributed by atoms with Crippen molar-refractivity contribution in [1.82, 2.24) is 14.8 Å². The minimum Gasteiger partial charge on any atom is -0.373 e. The molecule has 5 heteroatoms. The fraction of sp³-hybridized carbons (Fsp3) is 0.667. The molecule has 1 aromatic rings. The molecular weight excluding hydrogens is 272 g/mol. The van der Waals surface area contributed by atoms with E-state index in [-0.39, 0.29) is 0 Å². The van der Waals surface area contributed by atoms with Gasteiger partial charge in [-0.3, -0.25) is 9.80 Å². The first-order valence-electron chi connectivity index (χ1n) is 7.56. The Balaban J connectivity index is 1.66. The molecule has 0 saturated carbocycles. The van der Waals surface area contributed by atoms with Crippen LogP contribution in [-0.4, -0.2) is 54.1 Å². The zero-order valence-corrected chi connectivity index (χ0v) is 12.9. The average Bonchev–Trinajstić information content (AvgIpc) is 2.49. The molecule has 2 saturated heterocycles. The monoisotopic (exact) mass is 294 g/mol. The molecule has 2 aliphatic heterocycles. The van der Waals surface area contributed by atoms with Crippen molar-refractivity contribution < 1.29 is 0 Å². The summed E-state index contributed by atoms with van der Waals surface area (Å²) in [6.07, 6.45) is 4.09. The number of anilines is 1. The molecule has 3 heterocycles. The van der Waals surface area contributed by atoms with Gasteiger partial charge in [0, 0.05) is 39.3 Å². The number of pyridine rings is 1. The van der Waals surface area contributed by atoms with E-state index in [1.165, 1.54) is 32.4 Å². The normalized spacial score (nSPS) is 24.4. The highest BCUT2D eigenvalue weighted by atomic mass is 35.5. The minimum atomic E-state index is 0.740. The van der Waals surface area contributed by atoms with Gasteiger partial charge in [0.05, 0.1) is 10.7 Å². The van der Waals surface area contributed by atoms with Crippen LogP contribution in [0.1, 0.15) is 25.0 Å². The quantitative estimate of drug-likeness (QED) is 0.928. The van der Waals surface area contributed by atoms with Crippen LogP contribution >= 0.6 is 11.6 Å². The smallest absolute Gasteiger partial charge is 0.126 e. The van der Waals surface area contributed by atoms with Crippen LogP contribution in [0.4, 0.5) is 5.82 Å². The molecule has 1 unspecified atom stereocenters. The highest BCUT2D eigenvalue weighted by Crippen LogP contribution is 2.24. The van der Waals surface area contributed by atoms with Gasteiger partial charge in [-0.2, -0.15) is 0 Å². The molecule has 2 aliphatic rings. The predicted molar refractivity (Wildman–Crippen MR) is 83.3 cm³/mol. The number of halogens is 1. The van der Waals surface area contributed by atoms with Crippen molar-refractivity contribution in [3.8, 4) is 0 Å². The molecule has 1 atom stereocenters. The fourth-order valence-electron chi connectivity index (χ4n) is 3.31. The number of nitrogens with zero attached hydrogens (tertiary/aromatic N) is 3. The van der Waals surface area contributed by atoms with Gasteiger partial charge < -0.3 is 5.32 Å². The number of hydrogen-bond donors (Lipinski definition) is 1. The Morgan fingerprint density at radius 3 is 3.05 bits per heavy atom. The van der Waals surface area contributed by atoms with E-state index in [9.17, 15) is 0 Å². The molecule has 0 bridgehead atoms. The zero-order chi connectivity index (χ0) is 13.9. The molecule has 0 aromatic carbocycles. The summed E-state index contributed by atoms with van der Waals surface area (Å²) in [5.41, 5.74) is 0.989. The summed E-state index contributed by atoms with van der Waals surface area (Å²) in [6, 6.07) is 4.60. The van der Waals surface area contributed by atoms with Gasteiger partial charge in [-0.1, -0.05) is 18.0 Å². The van der Waals surface area contributed by atoms with Gasteiger partial charge in [-0.05, 0) is 31.5 Å². The van der Waals surface area contributed by atoms with Crippen LogP contribution in [0.5, 0.6) is 0 Å². The van der Waals surface area contributed by atoms with Crippen molar-refractivity contribution >= 4 is 17.4 Å². The number of hydrogen-bond acceptors (Lipinski definition) is 4. The summed E-state index contributed by atoms with van der Waals surface area (Å²) in [5, 5.41) is 3.85. The third-order valence-corrected chi connectivity index (χ3v) is 4.81.